The molecule has 2 aromatic rings. The Hall–Kier alpha value is -2.96. The molecule has 0 atom stereocenters. The lowest BCUT2D eigenvalue weighted by molar-refractivity contribution is -0.132. The summed E-state index contributed by atoms with van der Waals surface area (Å²) in [5, 5.41) is 0. The average Bonchev–Trinajstić information content (AvgIpc) is 3.24. The lowest BCUT2D eigenvalue weighted by Crippen LogP contribution is -2.50. The number of carbonyl (C=O) groups is 2. The molecule has 0 spiro atoms. The number of hydrogen-bond acceptors (Lipinski definition) is 5. The molecule has 3 rings (SSSR count). The van der Waals surface area contributed by atoms with Crippen LogP contribution >= 0.6 is 0 Å². The first-order valence-electron chi connectivity index (χ1n) is 8.94. The van der Waals surface area contributed by atoms with Gasteiger partial charge < -0.3 is 23.7 Å². The first kappa shape index (κ1) is 18.8. The number of nitrogens with zero attached hydrogens (tertiary/aromatic N) is 2. The Labute approximate surface area is 158 Å². The molecule has 7 heteroatoms. The van der Waals surface area contributed by atoms with Crippen LogP contribution in [0.5, 0.6) is 11.5 Å². The first-order valence-corrected chi connectivity index (χ1v) is 8.94. The van der Waals surface area contributed by atoms with Gasteiger partial charge in [0, 0.05) is 45.1 Å². The van der Waals surface area contributed by atoms with Gasteiger partial charge in [0.05, 0.1) is 26.0 Å². The highest BCUT2D eigenvalue weighted by Gasteiger charge is 2.26. The van der Waals surface area contributed by atoms with Gasteiger partial charge in [-0.15, -0.1) is 0 Å². The van der Waals surface area contributed by atoms with E-state index in [1.807, 2.05) is 12.1 Å². The van der Waals surface area contributed by atoms with Crippen molar-refractivity contribution < 1.29 is 23.5 Å². The van der Waals surface area contributed by atoms with E-state index >= 15 is 0 Å². The SMILES string of the molecule is COc1ccc(C(=O)N2CCN(C(=O)CCc3ccco3)CC2)c(OC)c1. The smallest absolute Gasteiger partial charge is 0.257 e. The van der Waals surface area contributed by atoms with Crippen molar-refractivity contribution in [2.75, 3.05) is 40.4 Å². The summed E-state index contributed by atoms with van der Waals surface area (Å²) in [5.74, 6) is 1.91. The molecule has 0 saturated carbocycles. The Bertz CT molecular complexity index is 780. The van der Waals surface area contributed by atoms with Crippen LogP contribution in [0.1, 0.15) is 22.5 Å². The van der Waals surface area contributed by atoms with Gasteiger partial charge in [-0.05, 0) is 24.3 Å². The average molecular weight is 372 g/mol. The molecule has 0 N–H and O–H groups in total. The van der Waals surface area contributed by atoms with Crippen LogP contribution in [0, 0.1) is 0 Å². The molecule has 1 saturated heterocycles. The van der Waals surface area contributed by atoms with E-state index in [1.165, 1.54) is 7.11 Å². The Kier molecular flexibility index (Phi) is 6.01. The van der Waals surface area contributed by atoms with Gasteiger partial charge >= 0.3 is 0 Å². The molecule has 0 unspecified atom stereocenters. The van der Waals surface area contributed by atoms with Crippen molar-refractivity contribution in [2.24, 2.45) is 0 Å². The normalized spacial score (nSPS) is 14.1. The minimum absolute atomic E-state index is 0.0838. The molecule has 144 valence electrons. The van der Waals surface area contributed by atoms with E-state index in [4.69, 9.17) is 13.9 Å². The minimum Gasteiger partial charge on any atom is -0.497 e. The zero-order valence-electron chi connectivity index (χ0n) is 15.6. The summed E-state index contributed by atoms with van der Waals surface area (Å²) in [5.41, 5.74) is 0.496. The van der Waals surface area contributed by atoms with Crippen molar-refractivity contribution in [1.29, 1.82) is 0 Å². The van der Waals surface area contributed by atoms with Crippen molar-refractivity contribution in [3.05, 3.63) is 47.9 Å². The van der Waals surface area contributed by atoms with Gasteiger partial charge in [0.25, 0.3) is 5.91 Å². The van der Waals surface area contributed by atoms with Gasteiger partial charge in [0.2, 0.25) is 5.91 Å². The summed E-state index contributed by atoms with van der Waals surface area (Å²) in [7, 11) is 3.10. The van der Waals surface area contributed by atoms with Crippen molar-refractivity contribution in [1.82, 2.24) is 9.80 Å². The number of aryl methyl sites for hydroxylation is 1. The second-order valence-electron chi connectivity index (χ2n) is 6.32. The highest BCUT2D eigenvalue weighted by molar-refractivity contribution is 5.97. The molecule has 1 aliphatic heterocycles. The number of carbonyl (C=O) groups excluding carboxylic acids is 2. The summed E-state index contributed by atoms with van der Waals surface area (Å²) < 4.78 is 15.8. The summed E-state index contributed by atoms with van der Waals surface area (Å²) in [6.45, 7) is 2.06. The lowest BCUT2D eigenvalue weighted by atomic mass is 10.1. The Morgan fingerprint density at radius 3 is 2.41 bits per heavy atom. The Morgan fingerprint density at radius 2 is 1.78 bits per heavy atom. The fraction of sp³-hybridized carbons (Fsp3) is 0.400. The van der Waals surface area contributed by atoms with E-state index in [1.54, 1.807) is 41.4 Å². The number of furan rings is 1. The molecular weight excluding hydrogens is 348 g/mol. The van der Waals surface area contributed by atoms with Crippen molar-refractivity contribution in [3.63, 3.8) is 0 Å². The van der Waals surface area contributed by atoms with Crippen LogP contribution in [0.25, 0.3) is 0 Å². The number of amides is 2. The van der Waals surface area contributed by atoms with E-state index in [9.17, 15) is 9.59 Å². The second-order valence-corrected chi connectivity index (χ2v) is 6.32. The molecule has 1 aliphatic rings. The van der Waals surface area contributed by atoms with Crippen LogP contribution in [0.4, 0.5) is 0 Å². The van der Waals surface area contributed by atoms with Crippen molar-refractivity contribution in [3.8, 4) is 11.5 Å². The van der Waals surface area contributed by atoms with E-state index in [-0.39, 0.29) is 11.8 Å². The highest BCUT2D eigenvalue weighted by Crippen LogP contribution is 2.26. The third kappa shape index (κ3) is 4.42. The molecule has 27 heavy (non-hydrogen) atoms. The largest absolute Gasteiger partial charge is 0.497 e. The van der Waals surface area contributed by atoms with E-state index in [2.05, 4.69) is 0 Å². The van der Waals surface area contributed by atoms with Gasteiger partial charge in [-0.3, -0.25) is 9.59 Å². The number of rotatable bonds is 6. The van der Waals surface area contributed by atoms with Crippen LogP contribution < -0.4 is 9.47 Å². The van der Waals surface area contributed by atoms with E-state index < -0.39 is 0 Å². The molecule has 7 nitrogen and oxygen atoms in total. The maximum absolute atomic E-state index is 12.8. The third-order valence-corrected chi connectivity index (χ3v) is 4.72. The fourth-order valence-corrected chi connectivity index (χ4v) is 3.15. The predicted molar refractivity (Wildman–Crippen MR) is 99.1 cm³/mol. The molecule has 1 aromatic heterocycles. The Balaban J connectivity index is 1.55. The third-order valence-electron chi connectivity index (χ3n) is 4.72. The second kappa shape index (κ2) is 8.62. The minimum atomic E-state index is -0.0998. The van der Waals surface area contributed by atoms with Crippen LogP contribution in [-0.4, -0.2) is 62.0 Å². The van der Waals surface area contributed by atoms with Crippen LogP contribution in [0.3, 0.4) is 0 Å². The maximum atomic E-state index is 12.8. The zero-order valence-corrected chi connectivity index (χ0v) is 15.6. The summed E-state index contributed by atoms with van der Waals surface area (Å²) >= 11 is 0. The van der Waals surface area contributed by atoms with Gasteiger partial charge in [0.1, 0.15) is 17.3 Å². The predicted octanol–water partition coefficient (Wildman–Crippen LogP) is 2.21. The maximum Gasteiger partial charge on any atom is 0.257 e. The van der Waals surface area contributed by atoms with E-state index in [0.29, 0.717) is 56.1 Å². The summed E-state index contributed by atoms with van der Waals surface area (Å²) in [6, 6.07) is 8.83. The Morgan fingerprint density at radius 1 is 1.04 bits per heavy atom. The number of methoxy groups -OCH3 is 2. The van der Waals surface area contributed by atoms with Crippen molar-refractivity contribution in [2.45, 2.75) is 12.8 Å². The highest BCUT2D eigenvalue weighted by atomic mass is 16.5. The van der Waals surface area contributed by atoms with Gasteiger partial charge in [-0.2, -0.15) is 0 Å². The first-order chi connectivity index (χ1) is 13.1. The lowest BCUT2D eigenvalue weighted by Gasteiger charge is -2.35. The molecule has 0 bridgehead atoms. The van der Waals surface area contributed by atoms with Crippen LogP contribution in [0.15, 0.2) is 41.0 Å². The fourth-order valence-electron chi connectivity index (χ4n) is 3.15. The van der Waals surface area contributed by atoms with Gasteiger partial charge in [0.15, 0.2) is 0 Å². The molecular formula is C20H24N2O5. The number of hydrogen-bond donors (Lipinski definition) is 0. The van der Waals surface area contributed by atoms with E-state index in [0.717, 1.165) is 5.76 Å². The molecule has 2 heterocycles. The van der Waals surface area contributed by atoms with Gasteiger partial charge in [-0.1, -0.05) is 0 Å². The molecule has 2 amide bonds. The van der Waals surface area contributed by atoms with Gasteiger partial charge in [-0.25, -0.2) is 0 Å². The number of ether oxygens (including phenoxy) is 2. The molecule has 1 fully saturated rings. The zero-order chi connectivity index (χ0) is 19.2. The van der Waals surface area contributed by atoms with Crippen LogP contribution in [-0.2, 0) is 11.2 Å². The molecule has 0 radical (unpaired) electrons. The monoisotopic (exact) mass is 372 g/mol. The summed E-state index contributed by atoms with van der Waals surface area (Å²) in [4.78, 5) is 28.7. The number of benzene rings is 1. The standard InChI is InChI=1S/C20H24N2O5/c1-25-16-5-7-17(18(14-16)26-2)20(24)22-11-9-21(10-12-22)19(23)8-6-15-4-3-13-27-15/h3-5,7,13-14H,6,8-12H2,1-2H3. The molecule has 0 aliphatic carbocycles. The molecule has 1 aromatic carbocycles. The topological polar surface area (TPSA) is 72.2 Å². The number of piperazine rings is 1. The van der Waals surface area contributed by atoms with Crippen LogP contribution in [0.2, 0.25) is 0 Å². The summed E-state index contributed by atoms with van der Waals surface area (Å²) in [6.07, 6.45) is 2.61. The van der Waals surface area contributed by atoms with Crippen molar-refractivity contribution >= 4 is 11.8 Å². The quantitative estimate of drug-likeness (QED) is 0.777.